The molecule has 0 aliphatic carbocycles. The standard InChI is InChI=1S/C15H29N3O/c1-6-16-14(15(12(4)5)19-8-3)9-13-10-17-18(7-2)11-13/h10-12,14-16H,6-9H2,1-5H3. The Bertz CT molecular complexity index is 349. The Hall–Kier alpha value is -0.870. The highest BCUT2D eigenvalue weighted by molar-refractivity contribution is 5.07. The minimum Gasteiger partial charge on any atom is -0.377 e. The van der Waals surface area contributed by atoms with Crippen molar-refractivity contribution < 1.29 is 4.74 Å². The van der Waals surface area contributed by atoms with Crippen LogP contribution in [0.1, 0.15) is 40.2 Å². The number of nitrogens with zero attached hydrogens (tertiary/aromatic N) is 2. The van der Waals surface area contributed by atoms with Gasteiger partial charge < -0.3 is 10.1 Å². The normalized spacial score (nSPS) is 14.8. The minimum absolute atomic E-state index is 0.245. The van der Waals surface area contributed by atoms with Crippen molar-refractivity contribution in [3.63, 3.8) is 0 Å². The Labute approximate surface area is 117 Å². The molecule has 0 saturated heterocycles. The van der Waals surface area contributed by atoms with Gasteiger partial charge in [0.2, 0.25) is 0 Å². The number of nitrogens with one attached hydrogen (secondary N) is 1. The van der Waals surface area contributed by atoms with Crippen molar-refractivity contribution in [2.75, 3.05) is 13.2 Å². The van der Waals surface area contributed by atoms with Crippen LogP contribution in [0.15, 0.2) is 12.4 Å². The van der Waals surface area contributed by atoms with Crippen molar-refractivity contribution in [1.29, 1.82) is 0 Å². The number of hydrogen-bond acceptors (Lipinski definition) is 3. The third-order valence-electron chi connectivity index (χ3n) is 3.35. The molecular weight excluding hydrogens is 238 g/mol. The fourth-order valence-corrected chi connectivity index (χ4v) is 2.47. The fourth-order valence-electron chi connectivity index (χ4n) is 2.47. The number of aromatic nitrogens is 2. The van der Waals surface area contributed by atoms with Crippen LogP contribution in [0.5, 0.6) is 0 Å². The molecule has 0 radical (unpaired) electrons. The van der Waals surface area contributed by atoms with Crippen LogP contribution in [-0.2, 0) is 17.7 Å². The summed E-state index contributed by atoms with van der Waals surface area (Å²) in [5.41, 5.74) is 1.28. The van der Waals surface area contributed by atoms with Gasteiger partial charge in [0.1, 0.15) is 0 Å². The van der Waals surface area contributed by atoms with Gasteiger partial charge in [-0.3, -0.25) is 4.68 Å². The van der Waals surface area contributed by atoms with E-state index in [1.54, 1.807) is 0 Å². The van der Waals surface area contributed by atoms with E-state index < -0.39 is 0 Å². The zero-order chi connectivity index (χ0) is 14.3. The van der Waals surface area contributed by atoms with E-state index in [-0.39, 0.29) is 6.10 Å². The van der Waals surface area contributed by atoms with Crippen LogP contribution in [0.2, 0.25) is 0 Å². The average Bonchev–Trinajstić information content (AvgIpc) is 2.83. The van der Waals surface area contributed by atoms with Crippen LogP contribution in [0.3, 0.4) is 0 Å². The largest absolute Gasteiger partial charge is 0.377 e. The monoisotopic (exact) mass is 267 g/mol. The predicted octanol–water partition coefficient (Wildman–Crippen LogP) is 2.48. The van der Waals surface area contributed by atoms with Gasteiger partial charge in [-0.25, -0.2) is 0 Å². The van der Waals surface area contributed by atoms with Crippen LogP contribution in [0, 0.1) is 5.92 Å². The molecule has 0 saturated carbocycles. The van der Waals surface area contributed by atoms with Gasteiger partial charge >= 0.3 is 0 Å². The summed E-state index contributed by atoms with van der Waals surface area (Å²) in [6.45, 7) is 13.4. The molecule has 110 valence electrons. The smallest absolute Gasteiger partial charge is 0.0753 e. The molecule has 1 heterocycles. The van der Waals surface area contributed by atoms with Crippen molar-refractivity contribution in [1.82, 2.24) is 15.1 Å². The lowest BCUT2D eigenvalue weighted by Gasteiger charge is -2.30. The number of hydrogen-bond donors (Lipinski definition) is 1. The Morgan fingerprint density at radius 1 is 1.32 bits per heavy atom. The van der Waals surface area contributed by atoms with Gasteiger partial charge in [0, 0.05) is 25.4 Å². The second kappa shape index (κ2) is 8.33. The lowest BCUT2D eigenvalue weighted by atomic mass is 9.95. The van der Waals surface area contributed by atoms with E-state index in [2.05, 4.69) is 51.2 Å². The predicted molar refractivity (Wildman–Crippen MR) is 79.3 cm³/mol. The minimum atomic E-state index is 0.245. The summed E-state index contributed by atoms with van der Waals surface area (Å²) in [6.07, 6.45) is 5.32. The van der Waals surface area contributed by atoms with Crippen molar-refractivity contribution in [2.24, 2.45) is 5.92 Å². The van der Waals surface area contributed by atoms with Crippen LogP contribution in [-0.4, -0.2) is 35.1 Å². The van der Waals surface area contributed by atoms with Gasteiger partial charge in [-0.15, -0.1) is 0 Å². The average molecular weight is 267 g/mol. The molecule has 19 heavy (non-hydrogen) atoms. The van der Waals surface area contributed by atoms with E-state index >= 15 is 0 Å². The molecule has 0 bridgehead atoms. The molecule has 2 atom stereocenters. The Morgan fingerprint density at radius 3 is 2.53 bits per heavy atom. The molecule has 1 aromatic heterocycles. The maximum atomic E-state index is 5.93. The first-order chi connectivity index (χ1) is 9.12. The van der Waals surface area contributed by atoms with Crippen molar-refractivity contribution in [3.05, 3.63) is 18.0 Å². The van der Waals surface area contributed by atoms with Crippen LogP contribution < -0.4 is 5.32 Å². The summed E-state index contributed by atoms with van der Waals surface area (Å²) in [4.78, 5) is 0. The number of aryl methyl sites for hydroxylation is 1. The molecule has 4 nitrogen and oxygen atoms in total. The summed E-state index contributed by atoms with van der Waals surface area (Å²) >= 11 is 0. The van der Waals surface area contributed by atoms with E-state index in [9.17, 15) is 0 Å². The summed E-state index contributed by atoms with van der Waals surface area (Å²) in [7, 11) is 0. The van der Waals surface area contributed by atoms with Crippen molar-refractivity contribution in [2.45, 2.75) is 59.7 Å². The highest BCUT2D eigenvalue weighted by Crippen LogP contribution is 2.15. The lowest BCUT2D eigenvalue weighted by Crippen LogP contribution is -2.45. The SMILES string of the molecule is CCNC(Cc1cnn(CC)c1)C(OCC)C(C)C. The molecule has 2 unspecified atom stereocenters. The van der Waals surface area contributed by atoms with Crippen LogP contribution >= 0.6 is 0 Å². The second-order valence-electron chi connectivity index (χ2n) is 5.24. The summed E-state index contributed by atoms with van der Waals surface area (Å²) in [5, 5.41) is 7.91. The van der Waals surface area contributed by atoms with E-state index in [1.807, 2.05) is 10.9 Å². The number of ether oxygens (including phenoxy) is 1. The topological polar surface area (TPSA) is 39.1 Å². The first-order valence-corrected chi connectivity index (χ1v) is 7.48. The van der Waals surface area contributed by atoms with E-state index in [0.29, 0.717) is 12.0 Å². The molecule has 0 amide bonds. The van der Waals surface area contributed by atoms with Crippen LogP contribution in [0.4, 0.5) is 0 Å². The molecule has 0 aromatic carbocycles. The van der Waals surface area contributed by atoms with Gasteiger partial charge in [0.15, 0.2) is 0 Å². The molecule has 0 fully saturated rings. The summed E-state index contributed by atoms with van der Waals surface area (Å²) in [6, 6.07) is 0.347. The molecule has 0 aliphatic rings. The number of rotatable bonds is 9. The molecule has 0 aliphatic heterocycles. The maximum Gasteiger partial charge on any atom is 0.0753 e. The Morgan fingerprint density at radius 2 is 2.05 bits per heavy atom. The van der Waals surface area contributed by atoms with E-state index in [4.69, 9.17) is 4.74 Å². The van der Waals surface area contributed by atoms with Gasteiger partial charge in [-0.05, 0) is 38.3 Å². The van der Waals surface area contributed by atoms with Gasteiger partial charge in [0.25, 0.3) is 0 Å². The van der Waals surface area contributed by atoms with E-state index in [1.165, 1.54) is 5.56 Å². The second-order valence-corrected chi connectivity index (χ2v) is 5.24. The molecule has 0 spiro atoms. The summed E-state index contributed by atoms with van der Waals surface area (Å²) in [5.74, 6) is 0.505. The molecule has 1 aromatic rings. The Balaban J connectivity index is 2.74. The highest BCUT2D eigenvalue weighted by atomic mass is 16.5. The number of likely N-dealkylation sites (N-methyl/N-ethyl adjacent to an activating group) is 1. The van der Waals surface area contributed by atoms with Gasteiger partial charge in [-0.2, -0.15) is 5.10 Å². The van der Waals surface area contributed by atoms with Crippen LogP contribution in [0.25, 0.3) is 0 Å². The molecular formula is C15H29N3O. The molecule has 1 rings (SSSR count). The van der Waals surface area contributed by atoms with Gasteiger partial charge in [0.05, 0.1) is 12.3 Å². The molecule has 4 heteroatoms. The zero-order valence-electron chi connectivity index (χ0n) is 13.0. The fraction of sp³-hybridized carbons (Fsp3) is 0.800. The third-order valence-corrected chi connectivity index (χ3v) is 3.35. The zero-order valence-corrected chi connectivity index (χ0v) is 13.0. The summed E-state index contributed by atoms with van der Waals surface area (Å²) < 4.78 is 7.91. The highest BCUT2D eigenvalue weighted by Gasteiger charge is 2.24. The van der Waals surface area contributed by atoms with Gasteiger partial charge in [-0.1, -0.05) is 20.8 Å². The van der Waals surface area contributed by atoms with E-state index in [0.717, 1.165) is 26.1 Å². The first kappa shape index (κ1) is 16.2. The van der Waals surface area contributed by atoms with Crippen molar-refractivity contribution >= 4 is 0 Å². The lowest BCUT2D eigenvalue weighted by molar-refractivity contribution is 0.00395. The first-order valence-electron chi connectivity index (χ1n) is 7.48. The molecule has 1 N–H and O–H groups in total. The van der Waals surface area contributed by atoms with Crippen molar-refractivity contribution in [3.8, 4) is 0 Å². The Kier molecular flexibility index (Phi) is 7.10. The third kappa shape index (κ3) is 4.96. The quantitative estimate of drug-likeness (QED) is 0.747. The maximum absolute atomic E-state index is 5.93.